The highest BCUT2D eigenvalue weighted by Crippen LogP contribution is 2.17. The fraction of sp³-hybridized carbons (Fsp3) is 0. The molecule has 0 amide bonds. The Bertz CT molecular complexity index is 913. The molecule has 0 aliphatic rings. The van der Waals surface area contributed by atoms with Crippen molar-refractivity contribution in [3.8, 4) is 11.8 Å². The number of ketones is 1. The van der Waals surface area contributed by atoms with Crippen LogP contribution in [0.4, 0.5) is 8.78 Å². The van der Waals surface area contributed by atoms with Gasteiger partial charge in [0.15, 0.2) is 5.78 Å². The van der Waals surface area contributed by atoms with Gasteiger partial charge in [-0.3, -0.25) is 4.79 Å². The summed E-state index contributed by atoms with van der Waals surface area (Å²) in [7, 11) is 0. The second kappa shape index (κ2) is 6.89. The maximum atomic E-state index is 13.7. The summed E-state index contributed by atoms with van der Waals surface area (Å²) in [6.07, 6.45) is 0. The summed E-state index contributed by atoms with van der Waals surface area (Å²) in [4.78, 5) is 12.3. The lowest BCUT2D eigenvalue weighted by molar-refractivity contribution is 0.103. The molecule has 3 aromatic carbocycles. The van der Waals surface area contributed by atoms with Gasteiger partial charge >= 0.3 is 0 Å². The first-order valence-corrected chi connectivity index (χ1v) is 7.31. The Balaban J connectivity index is 1.85. The second-order valence-electron chi connectivity index (χ2n) is 5.12. The molecule has 0 saturated heterocycles. The Kier molecular flexibility index (Phi) is 4.49. The normalized spacial score (nSPS) is 9.92. The summed E-state index contributed by atoms with van der Waals surface area (Å²) in [6, 6.07) is 19.2. The molecule has 3 heteroatoms. The van der Waals surface area contributed by atoms with E-state index in [1.54, 1.807) is 12.1 Å². The number of carbonyl (C=O) groups is 1. The van der Waals surface area contributed by atoms with Crippen LogP contribution in [0, 0.1) is 23.5 Å². The molecule has 0 fully saturated rings. The molecule has 0 bridgehead atoms. The van der Waals surface area contributed by atoms with Gasteiger partial charge in [-0.25, -0.2) is 8.78 Å². The van der Waals surface area contributed by atoms with E-state index in [-0.39, 0.29) is 5.56 Å². The minimum absolute atomic E-state index is 0.212. The zero-order valence-electron chi connectivity index (χ0n) is 12.6. The van der Waals surface area contributed by atoms with Gasteiger partial charge in [0.25, 0.3) is 0 Å². The molecule has 0 atom stereocenters. The molecule has 3 rings (SSSR count). The van der Waals surface area contributed by atoms with Crippen LogP contribution in [0.3, 0.4) is 0 Å². The third kappa shape index (κ3) is 3.39. The van der Waals surface area contributed by atoms with Crippen molar-refractivity contribution in [3.63, 3.8) is 0 Å². The van der Waals surface area contributed by atoms with Gasteiger partial charge in [-0.15, -0.1) is 0 Å². The van der Waals surface area contributed by atoms with Crippen molar-refractivity contribution in [1.82, 2.24) is 0 Å². The van der Waals surface area contributed by atoms with E-state index in [1.165, 1.54) is 18.2 Å². The Morgan fingerprint density at radius 2 is 1.21 bits per heavy atom. The van der Waals surface area contributed by atoms with Crippen LogP contribution in [0.5, 0.6) is 0 Å². The van der Waals surface area contributed by atoms with Gasteiger partial charge in [0.2, 0.25) is 0 Å². The number of benzene rings is 3. The molecule has 0 saturated carbocycles. The summed E-state index contributed by atoms with van der Waals surface area (Å²) in [5, 5.41) is 0. The van der Waals surface area contributed by atoms with E-state index in [9.17, 15) is 13.6 Å². The van der Waals surface area contributed by atoms with Gasteiger partial charge in [0, 0.05) is 16.7 Å². The Morgan fingerprint density at radius 3 is 1.79 bits per heavy atom. The molecule has 0 aromatic heterocycles. The van der Waals surface area contributed by atoms with Crippen LogP contribution in [0.1, 0.15) is 27.0 Å². The van der Waals surface area contributed by atoms with Crippen molar-refractivity contribution in [1.29, 1.82) is 0 Å². The molecule has 0 unspecified atom stereocenters. The van der Waals surface area contributed by atoms with Crippen LogP contribution in [0.25, 0.3) is 0 Å². The van der Waals surface area contributed by atoms with Crippen LogP contribution in [0.2, 0.25) is 0 Å². The minimum atomic E-state index is -0.868. The fourth-order valence-electron chi connectivity index (χ4n) is 2.23. The van der Waals surface area contributed by atoms with Crippen LogP contribution >= 0.6 is 0 Å². The first kappa shape index (κ1) is 15.6. The average molecular weight is 318 g/mol. The van der Waals surface area contributed by atoms with Gasteiger partial charge in [-0.2, -0.15) is 0 Å². The molecule has 0 N–H and O–H groups in total. The SMILES string of the molecule is O=C(c1ccc(C#Cc2ccccc2)cc1)c1c(F)cccc1F. The Morgan fingerprint density at radius 1 is 0.667 bits per heavy atom. The monoisotopic (exact) mass is 318 g/mol. The molecule has 3 aromatic rings. The average Bonchev–Trinajstić information content (AvgIpc) is 2.61. The van der Waals surface area contributed by atoms with Gasteiger partial charge in [-0.05, 0) is 48.5 Å². The molecular weight excluding hydrogens is 306 g/mol. The largest absolute Gasteiger partial charge is 0.288 e. The quantitative estimate of drug-likeness (QED) is 0.499. The highest BCUT2D eigenvalue weighted by atomic mass is 19.1. The third-order valence-electron chi connectivity index (χ3n) is 3.46. The van der Waals surface area contributed by atoms with Crippen LogP contribution in [-0.2, 0) is 0 Å². The van der Waals surface area contributed by atoms with Crippen molar-refractivity contribution in [2.75, 3.05) is 0 Å². The third-order valence-corrected chi connectivity index (χ3v) is 3.46. The molecule has 0 aliphatic heterocycles. The van der Waals surface area contributed by atoms with Crippen molar-refractivity contribution >= 4 is 5.78 Å². The van der Waals surface area contributed by atoms with Crippen molar-refractivity contribution in [3.05, 3.63) is 107 Å². The Hall–Kier alpha value is -3.25. The molecule has 0 heterocycles. The van der Waals surface area contributed by atoms with Crippen molar-refractivity contribution < 1.29 is 13.6 Å². The van der Waals surface area contributed by atoms with Crippen LogP contribution < -0.4 is 0 Å². The summed E-state index contributed by atoms with van der Waals surface area (Å²) < 4.78 is 27.4. The molecule has 0 radical (unpaired) electrons. The van der Waals surface area contributed by atoms with Crippen LogP contribution in [-0.4, -0.2) is 5.78 Å². The van der Waals surface area contributed by atoms with Crippen molar-refractivity contribution in [2.45, 2.75) is 0 Å². The highest BCUT2D eigenvalue weighted by Gasteiger charge is 2.18. The van der Waals surface area contributed by atoms with Gasteiger partial charge in [0.1, 0.15) is 11.6 Å². The van der Waals surface area contributed by atoms with E-state index in [2.05, 4.69) is 11.8 Å². The number of halogens is 2. The lowest BCUT2D eigenvalue weighted by Crippen LogP contribution is -2.07. The predicted octanol–water partition coefficient (Wildman–Crippen LogP) is 4.60. The standard InChI is InChI=1S/C21H12F2O/c22-18-7-4-8-19(23)20(18)21(24)17-13-11-16(12-14-17)10-9-15-5-2-1-3-6-15/h1-8,11-14H. The molecule has 24 heavy (non-hydrogen) atoms. The van der Waals surface area contributed by atoms with E-state index in [0.29, 0.717) is 5.56 Å². The fourth-order valence-corrected chi connectivity index (χ4v) is 2.23. The lowest BCUT2D eigenvalue weighted by Gasteiger charge is -2.04. The first-order valence-electron chi connectivity index (χ1n) is 7.31. The molecule has 116 valence electrons. The molecule has 0 aliphatic carbocycles. The zero-order valence-corrected chi connectivity index (χ0v) is 12.6. The highest BCUT2D eigenvalue weighted by molar-refractivity contribution is 6.09. The summed E-state index contributed by atoms with van der Waals surface area (Å²) in [6.45, 7) is 0. The molecular formula is C21H12F2O. The topological polar surface area (TPSA) is 17.1 Å². The van der Waals surface area contributed by atoms with Gasteiger partial charge < -0.3 is 0 Å². The van der Waals surface area contributed by atoms with E-state index in [0.717, 1.165) is 17.7 Å². The van der Waals surface area contributed by atoms with Crippen LogP contribution in [0.15, 0.2) is 72.8 Å². The summed E-state index contributed by atoms with van der Waals surface area (Å²) >= 11 is 0. The predicted molar refractivity (Wildman–Crippen MR) is 88.7 cm³/mol. The first-order chi connectivity index (χ1) is 11.6. The summed E-state index contributed by atoms with van der Waals surface area (Å²) in [5.74, 6) is 3.56. The maximum Gasteiger partial charge on any atom is 0.198 e. The maximum absolute atomic E-state index is 13.7. The number of hydrogen-bond acceptors (Lipinski definition) is 1. The second-order valence-corrected chi connectivity index (χ2v) is 5.12. The van der Waals surface area contributed by atoms with E-state index in [1.807, 2.05) is 30.3 Å². The Labute approximate surface area is 138 Å². The van der Waals surface area contributed by atoms with E-state index < -0.39 is 23.0 Å². The summed E-state index contributed by atoms with van der Waals surface area (Å²) in [5.41, 5.74) is 1.26. The minimum Gasteiger partial charge on any atom is -0.288 e. The zero-order chi connectivity index (χ0) is 16.9. The van der Waals surface area contributed by atoms with Gasteiger partial charge in [-0.1, -0.05) is 36.1 Å². The lowest BCUT2D eigenvalue weighted by atomic mass is 10.0. The number of rotatable bonds is 2. The van der Waals surface area contributed by atoms with Crippen molar-refractivity contribution in [2.24, 2.45) is 0 Å². The smallest absolute Gasteiger partial charge is 0.198 e. The number of carbonyl (C=O) groups excluding carboxylic acids is 1. The molecule has 1 nitrogen and oxygen atoms in total. The van der Waals surface area contributed by atoms with E-state index in [4.69, 9.17) is 0 Å². The van der Waals surface area contributed by atoms with Gasteiger partial charge in [0.05, 0.1) is 5.56 Å². The molecule has 0 spiro atoms. The number of hydrogen-bond donors (Lipinski definition) is 0. The van der Waals surface area contributed by atoms with E-state index >= 15 is 0 Å².